The molecule has 1 aliphatic carbocycles. The lowest BCUT2D eigenvalue weighted by Gasteiger charge is -2.00. The van der Waals surface area contributed by atoms with Gasteiger partial charge in [0.1, 0.15) is 6.17 Å². The Morgan fingerprint density at radius 2 is 2.29 bits per heavy atom. The molecule has 0 spiro atoms. The highest BCUT2D eigenvalue weighted by Crippen LogP contribution is 2.38. The maximum Gasteiger partial charge on any atom is 0.243 e. The number of hydrogen-bond donors (Lipinski definition) is 1. The van der Waals surface area contributed by atoms with E-state index in [4.69, 9.17) is 4.52 Å². The number of hydrogen-bond acceptors (Lipinski definition) is 4. The third kappa shape index (κ3) is 1.41. The van der Waals surface area contributed by atoms with Gasteiger partial charge < -0.3 is 9.84 Å². The van der Waals surface area contributed by atoms with Crippen LogP contribution in [0.3, 0.4) is 0 Å². The fraction of sp³-hybridized carbons (Fsp3) is 0.778. The third-order valence-corrected chi connectivity index (χ3v) is 2.78. The first-order valence-electron chi connectivity index (χ1n) is 5.04. The van der Waals surface area contributed by atoms with Gasteiger partial charge >= 0.3 is 0 Å². The molecule has 2 heterocycles. The zero-order chi connectivity index (χ0) is 9.54. The van der Waals surface area contributed by atoms with Gasteiger partial charge in [-0.05, 0) is 12.8 Å². The second kappa shape index (κ2) is 3.02. The normalized spacial score (nSPS) is 32.4. The Morgan fingerprint density at radius 3 is 2.93 bits per heavy atom. The summed E-state index contributed by atoms with van der Waals surface area (Å²) >= 11 is 0. The lowest BCUT2D eigenvalue weighted by Crippen LogP contribution is -2.14. The SMILES string of the molecule is F[C@H]1CN[C@@H](c2nc(C3CC3)no2)C1. The van der Waals surface area contributed by atoms with E-state index in [-0.39, 0.29) is 6.04 Å². The highest BCUT2D eigenvalue weighted by molar-refractivity contribution is 5.06. The largest absolute Gasteiger partial charge is 0.338 e. The Labute approximate surface area is 80.9 Å². The molecule has 2 fully saturated rings. The summed E-state index contributed by atoms with van der Waals surface area (Å²) in [5.41, 5.74) is 0. The van der Waals surface area contributed by atoms with Crippen LogP contribution in [-0.2, 0) is 0 Å². The topological polar surface area (TPSA) is 51.0 Å². The van der Waals surface area contributed by atoms with Crippen LogP contribution in [0.4, 0.5) is 4.39 Å². The molecular formula is C9H12FN3O. The quantitative estimate of drug-likeness (QED) is 0.776. The van der Waals surface area contributed by atoms with Crippen LogP contribution in [0.5, 0.6) is 0 Å². The summed E-state index contributed by atoms with van der Waals surface area (Å²) in [6, 6.07) is -0.0787. The van der Waals surface area contributed by atoms with Gasteiger partial charge in [0, 0.05) is 18.9 Å². The molecule has 2 atom stereocenters. The molecule has 76 valence electrons. The van der Waals surface area contributed by atoms with Gasteiger partial charge in [-0.25, -0.2) is 4.39 Å². The molecule has 1 aromatic rings. The molecule has 1 saturated heterocycles. The molecule has 0 bridgehead atoms. The molecule has 1 aliphatic heterocycles. The van der Waals surface area contributed by atoms with Gasteiger partial charge in [-0.1, -0.05) is 5.16 Å². The van der Waals surface area contributed by atoms with Crippen molar-refractivity contribution in [3.8, 4) is 0 Å². The van der Waals surface area contributed by atoms with Gasteiger partial charge in [-0.2, -0.15) is 4.98 Å². The van der Waals surface area contributed by atoms with Crippen molar-refractivity contribution in [1.82, 2.24) is 15.5 Å². The first-order chi connectivity index (χ1) is 6.83. The van der Waals surface area contributed by atoms with Crippen molar-refractivity contribution in [2.45, 2.75) is 37.4 Å². The van der Waals surface area contributed by atoms with Crippen LogP contribution < -0.4 is 5.32 Å². The minimum Gasteiger partial charge on any atom is -0.338 e. The van der Waals surface area contributed by atoms with E-state index < -0.39 is 6.17 Å². The van der Waals surface area contributed by atoms with Crippen LogP contribution in [0.25, 0.3) is 0 Å². The van der Waals surface area contributed by atoms with Crippen LogP contribution in [0.1, 0.15) is 42.9 Å². The molecule has 0 aromatic carbocycles. The second-order valence-electron chi connectivity index (χ2n) is 4.06. The Kier molecular flexibility index (Phi) is 1.80. The standard InChI is InChI=1S/C9H12FN3O/c10-6-3-7(11-4-6)9-12-8(13-14-9)5-1-2-5/h5-7,11H,1-4H2/t6-,7-/m1/s1. The van der Waals surface area contributed by atoms with E-state index in [9.17, 15) is 4.39 Å². The van der Waals surface area contributed by atoms with E-state index in [0.717, 1.165) is 18.7 Å². The first-order valence-corrected chi connectivity index (χ1v) is 5.04. The van der Waals surface area contributed by atoms with Gasteiger partial charge in [0.2, 0.25) is 5.89 Å². The molecule has 0 radical (unpaired) electrons. The Hall–Kier alpha value is -0.970. The molecule has 0 unspecified atom stereocenters. The molecule has 1 aromatic heterocycles. The predicted octanol–water partition coefficient (Wildman–Crippen LogP) is 1.32. The van der Waals surface area contributed by atoms with E-state index in [1.807, 2.05) is 0 Å². The Bertz CT molecular complexity index is 337. The minimum absolute atomic E-state index is 0.0787. The average molecular weight is 197 g/mol. The van der Waals surface area contributed by atoms with E-state index in [1.54, 1.807) is 0 Å². The lowest BCUT2D eigenvalue weighted by atomic mass is 10.2. The van der Waals surface area contributed by atoms with Crippen molar-refractivity contribution in [1.29, 1.82) is 0 Å². The van der Waals surface area contributed by atoms with E-state index >= 15 is 0 Å². The maximum atomic E-state index is 12.9. The second-order valence-corrected chi connectivity index (χ2v) is 4.06. The van der Waals surface area contributed by atoms with Crippen molar-refractivity contribution < 1.29 is 8.91 Å². The summed E-state index contributed by atoms with van der Waals surface area (Å²) in [5.74, 6) is 1.84. The molecule has 0 amide bonds. The highest BCUT2D eigenvalue weighted by atomic mass is 19.1. The number of rotatable bonds is 2. The van der Waals surface area contributed by atoms with E-state index in [0.29, 0.717) is 24.8 Å². The van der Waals surface area contributed by atoms with Gasteiger partial charge in [0.15, 0.2) is 5.82 Å². The molecular weight excluding hydrogens is 185 g/mol. The summed E-state index contributed by atoms with van der Waals surface area (Å²) in [4.78, 5) is 4.28. The molecule has 1 N–H and O–H groups in total. The highest BCUT2D eigenvalue weighted by Gasteiger charge is 2.33. The lowest BCUT2D eigenvalue weighted by molar-refractivity contribution is 0.322. The molecule has 5 heteroatoms. The van der Waals surface area contributed by atoms with Crippen molar-refractivity contribution in [3.05, 3.63) is 11.7 Å². The van der Waals surface area contributed by atoms with Gasteiger partial charge in [0.05, 0.1) is 6.04 Å². The van der Waals surface area contributed by atoms with Crippen LogP contribution in [0.2, 0.25) is 0 Å². The molecule has 14 heavy (non-hydrogen) atoms. The zero-order valence-corrected chi connectivity index (χ0v) is 7.74. The summed E-state index contributed by atoms with van der Waals surface area (Å²) in [6.45, 7) is 0.395. The summed E-state index contributed by atoms with van der Waals surface area (Å²) < 4.78 is 18.0. The van der Waals surface area contributed by atoms with E-state index in [2.05, 4.69) is 15.5 Å². The van der Waals surface area contributed by atoms with Crippen LogP contribution in [-0.4, -0.2) is 22.9 Å². The number of aromatic nitrogens is 2. The van der Waals surface area contributed by atoms with Crippen molar-refractivity contribution in [2.24, 2.45) is 0 Å². The van der Waals surface area contributed by atoms with Crippen LogP contribution in [0, 0.1) is 0 Å². The number of nitrogens with zero attached hydrogens (tertiary/aromatic N) is 2. The predicted molar refractivity (Wildman–Crippen MR) is 46.5 cm³/mol. The summed E-state index contributed by atoms with van der Waals surface area (Å²) in [6.07, 6.45) is 1.98. The summed E-state index contributed by atoms with van der Waals surface area (Å²) in [7, 11) is 0. The molecule has 3 rings (SSSR count). The van der Waals surface area contributed by atoms with Crippen molar-refractivity contribution >= 4 is 0 Å². The van der Waals surface area contributed by atoms with Crippen LogP contribution in [0.15, 0.2) is 4.52 Å². The fourth-order valence-electron chi connectivity index (χ4n) is 1.78. The Balaban J connectivity index is 1.75. The number of alkyl halides is 1. The number of halogens is 1. The van der Waals surface area contributed by atoms with Gasteiger partial charge in [-0.3, -0.25) is 0 Å². The maximum absolute atomic E-state index is 12.9. The zero-order valence-electron chi connectivity index (χ0n) is 7.74. The van der Waals surface area contributed by atoms with Gasteiger partial charge in [-0.15, -0.1) is 0 Å². The molecule has 1 saturated carbocycles. The monoisotopic (exact) mass is 197 g/mol. The van der Waals surface area contributed by atoms with Crippen molar-refractivity contribution in [2.75, 3.05) is 6.54 Å². The molecule has 2 aliphatic rings. The third-order valence-electron chi connectivity index (χ3n) is 2.78. The fourth-order valence-corrected chi connectivity index (χ4v) is 1.78. The minimum atomic E-state index is -0.781. The first kappa shape index (κ1) is 8.35. The summed E-state index contributed by atoms with van der Waals surface area (Å²) in [5, 5.41) is 6.92. The smallest absolute Gasteiger partial charge is 0.243 e. The van der Waals surface area contributed by atoms with Crippen LogP contribution >= 0.6 is 0 Å². The average Bonchev–Trinajstić information content (AvgIpc) is 2.76. The number of nitrogens with one attached hydrogen (secondary N) is 1. The van der Waals surface area contributed by atoms with Gasteiger partial charge in [0.25, 0.3) is 0 Å². The van der Waals surface area contributed by atoms with E-state index in [1.165, 1.54) is 0 Å². The van der Waals surface area contributed by atoms with Crippen molar-refractivity contribution in [3.63, 3.8) is 0 Å². The molecule has 4 nitrogen and oxygen atoms in total. The Morgan fingerprint density at radius 1 is 1.43 bits per heavy atom.